The number of benzene rings is 1. The number of rotatable bonds is 3. The normalized spacial score (nSPS) is 11.0. The van der Waals surface area contributed by atoms with E-state index >= 15 is 0 Å². The molecule has 0 aromatic heterocycles. The SMILES string of the molecule is COC(=O)c1cccc(N)c1O[Si](C)(C)C. The molecule has 0 fully saturated rings. The van der Waals surface area contributed by atoms with E-state index in [0.717, 1.165) is 0 Å². The quantitative estimate of drug-likeness (QED) is 0.499. The lowest BCUT2D eigenvalue weighted by Gasteiger charge is -2.22. The molecule has 0 radical (unpaired) electrons. The topological polar surface area (TPSA) is 61.5 Å². The van der Waals surface area contributed by atoms with Gasteiger partial charge in [-0.2, -0.15) is 0 Å². The van der Waals surface area contributed by atoms with Crippen molar-refractivity contribution in [3.8, 4) is 5.75 Å². The minimum atomic E-state index is -1.81. The van der Waals surface area contributed by atoms with E-state index in [2.05, 4.69) is 4.74 Å². The smallest absolute Gasteiger partial charge is 0.341 e. The molecule has 88 valence electrons. The van der Waals surface area contributed by atoms with E-state index in [1.165, 1.54) is 7.11 Å². The molecule has 5 heteroatoms. The van der Waals surface area contributed by atoms with E-state index in [9.17, 15) is 4.79 Å². The molecule has 0 saturated carbocycles. The summed E-state index contributed by atoms with van der Waals surface area (Å²) in [6.45, 7) is 6.08. The number of nitrogen functional groups attached to an aromatic ring is 1. The molecule has 1 aromatic carbocycles. The van der Waals surface area contributed by atoms with Crippen LogP contribution in [-0.2, 0) is 4.74 Å². The van der Waals surface area contributed by atoms with Gasteiger partial charge in [0.1, 0.15) is 11.3 Å². The van der Waals surface area contributed by atoms with Crippen molar-refractivity contribution in [2.75, 3.05) is 12.8 Å². The Kier molecular flexibility index (Phi) is 3.59. The van der Waals surface area contributed by atoms with Gasteiger partial charge in [-0.1, -0.05) is 6.07 Å². The number of hydrogen-bond donors (Lipinski definition) is 1. The first-order chi connectivity index (χ1) is 7.35. The van der Waals surface area contributed by atoms with Crippen LogP contribution in [0.2, 0.25) is 19.6 Å². The first-order valence-corrected chi connectivity index (χ1v) is 8.42. The monoisotopic (exact) mass is 239 g/mol. The number of methoxy groups -OCH3 is 1. The largest absolute Gasteiger partial charge is 0.542 e. The lowest BCUT2D eigenvalue weighted by atomic mass is 10.2. The van der Waals surface area contributed by atoms with Gasteiger partial charge < -0.3 is 14.9 Å². The standard InChI is InChI=1S/C11H17NO3Si/c1-14-11(13)8-6-5-7-9(12)10(8)15-16(2,3)4/h5-7H,12H2,1-4H3. The van der Waals surface area contributed by atoms with Crippen molar-refractivity contribution in [1.29, 1.82) is 0 Å². The maximum atomic E-state index is 11.5. The van der Waals surface area contributed by atoms with Crippen molar-refractivity contribution in [2.24, 2.45) is 0 Å². The van der Waals surface area contributed by atoms with Gasteiger partial charge in [0.05, 0.1) is 12.8 Å². The fraction of sp³-hybridized carbons (Fsp3) is 0.364. The lowest BCUT2D eigenvalue weighted by Crippen LogP contribution is -2.30. The van der Waals surface area contributed by atoms with Crippen LogP contribution in [0.4, 0.5) is 5.69 Å². The molecule has 0 unspecified atom stereocenters. The van der Waals surface area contributed by atoms with Crippen LogP contribution >= 0.6 is 0 Å². The number of hydrogen-bond acceptors (Lipinski definition) is 4. The first-order valence-electron chi connectivity index (χ1n) is 5.01. The summed E-state index contributed by atoms with van der Waals surface area (Å²) >= 11 is 0. The van der Waals surface area contributed by atoms with E-state index < -0.39 is 14.3 Å². The number of ether oxygens (including phenoxy) is 1. The van der Waals surface area contributed by atoms with Crippen LogP contribution in [0.25, 0.3) is 0 Å². The van der Waals surface area contributed by atoms with Crippen LogP contribution in [0.5, 0.6) is 5.75 Å². The zero-order chi connectivity index (χ0) is 12.3. The second kappa shape index (κ2) is 4.57. The van der Waals surface area contributed by atoms with E-state index in [0.29, 0.717) is 17.0 Å². The fourth-order valence-corrected chi connectivity index (χ4v) is 2.09. The molecule has 0 heterocycles. The highest BCUT2D eigenvalue weighted by Gasteiger charge is 2.22. The minimum absolute atomic E-state index is 0.380. The highest BCUT2D eigenvalue weighted by atomic mass is 28.4. The summed E-state index contributed by atoms with van der Waals surface area (Å²) in [5.74, 6) is 0.00840. The van der Waals surface area contributed by atoms with E-state index in [1.54, 1.807) is 18.2 Å². The van der Waals surface area contributed by atoms with Crippen molar-refractivity contribution < 1.29 is 14.0 Å². The number of anilines is 1. The van der Waals surface area contributed by atoms with E-state index in [-0.39, 0.29) is 0 Å². The fourth-order valence-electron chi connectivity index (χ4n) is 1.25. The molecule has 2 N–H and O–H groups in total. The molecule has 0 atom stereocenters. The van der Waals surface area contributed by atoms with Crippen molar-refractivity contribution >= 4 is 20.0 Å². The minimum Gasteiger partial charge on any atom is -0.542 e. The van der Waals surface area contributed by atoms with Crippen LogP contribution in [-0.4, -0.2) is 21.4 Å². The predicted molar refractivity (Wildman–Crippen MR) is 66.2 cm³/mol. The zero-order valence-corrected chi connectivity index (χ0v) is 11.0. The van der Waals surface area contributed by atoms with Gasteiger partial charge in [0.25, 0.3) is 0 Å². The van der Waals surface area contributed by atoms with Gasteiger partial charge in [0.15, 0.2) is 0 Å². The Balaban J connectivity index is 3.19. The van der Waals surface area contributed by atoms with Crippen LogP contribution in [0.3, 0.4) is 0 Å². The Morgan fingerprint density at radius 3 is 2.44 bits per heavy atom. The van der Waals surface area contributed by atoms with Crippen molar-refractivity contribution in [3.63, 3.8) is 0 Å². The molecule has 0 saturated heterocycles. The summed E-state index contributed by atoms with van der Waals surface area (Å²) < 4.78 is 10.5. The molecule has 4 nitrogen and oxygen atoms in total. The van der Waals surface area contributed by atoms with Gasteiger partial charge in [-0.25, -0.2) is 4.79 Å². The van der Waals surface area contributed by atoms with Gasteiger partial charge in [-0.3, -0.25) is 0 Å². The number of nitrogens with two attached hydrogens (primary N) is 1. The zero-order valence-electron chi connectivity index (χ0n) is 10.0. The Labute approximate surface area is 96.5 Å². The van der Waals surface area contributed by atoms with Crippen LogP contribution in [0.15, 0.2) is 18.2 Å². The summed E-state index contributed by atoms with van der Waals surface area (Å²) in [4.78, 5) is 11.5. The van der Waals surface area contributed by atoms with Crippen LogP contribution in [0, 0.1) is 0 Å². The molecular weight excluding hydrogens is 222 g/mol. The van der Waals surface area contributed by atoms with Gasteiger partial charge in [-0.05, 0) is 31.8 Å². The van der Waals surface area contributed by atoms with E-state index in [1.807, 2.05) is 19.6 Å². The maximum absolute atomic E-state index is 11.5. The third kappa shape index (κ3) is 3.00. The molecule has 0 aliphatic rings. The Morgan fingerprint density at radius 1 is 1.31 bits per heavy atom. The number of esters is 1. The third-order valence-electron chi connectivity index (χ3n) is 1.86. The Morgan fingerprint density at radius 2 is 1.94 bits per heavy atom. The second-order valence-electron chi connectivity index (χ2n) is 4.43. The Hall–Kier alpha value is -1.49. The molecule has 1 aromatic rings. The van der Waals surface area contributed by atoms with Crippen LogP contribution in [0.1, 0.15) is 10.4 Å². The average molecular weight is 239 g/mol. The number of para-hydroxylation sites is 1. The average Bonchev–Trinajstić information content (AvgIpc) is 2.18. The number of carbonyl (C=O) groups excluding carboxylic acids is 1. The number of carbonyl (C=O) groups is 1. The summed E-state index contributed by atoms with van der Waals surface area (Å²) in [7, 11) is -0.470. The summed E-state index contributed by atoms with van der Waals surface area (Å²) in [5.41, 5.74) is 6.65. The molecule has 0 aliphatic carbocycles. The molecule has 0 bridgehead atoms. The Bertz CT molecular complexity index is 399. The molecule has 0 amide bonds. The predicted octanol–water partition coefficient (Wildman–Crippen LogP) is 2.27. The van der Waals surface area contributed by atoms with Crippen molar-refractivity contribution in [2.45, 2.75) is 19.6 Å². The van der Waals surface area contributed by atoms with Gasteiger partial charge in [-0.15, -0.1) is 0 Å². The lowest BCUT2D eigenvalue weighted by molar-refractivity contribution is 0.0598. The molecular formula is C11H17NO3Si. The molecule has 0 aliphatic heterocycles. The summed E-state index contributed by atoms with van der Waals surface area (Å²) in [6, 6.07) is 5.07. The maximum Gasteiger partial charge on any atom is 0.341 e. The molecule has 16 heavy (non-hydrogen) atoms. The van der Waals surface area contributed by atoms with Crippen LogP contribution < -0.4 is 10.2 Å². The van der Waals surface area contributed by atoms with Gasteiger partial charge in [0.2, 0.25) is 8.32 Å². The van der Waals surface area contributed by atoms with Crippen molar-refractivity contribution in [3.05, 3.63) is 23.8 Å². The molecule has 1 rings (SSSR count). The summed E-state index contributed by atoms with van der Waals surface area (Å²) in [5, 5.41) is 0. The first kappa shape index (κ1) is 12.6. The van der Waals surface area contributed by atoms with Gasteiger partial charge >= 0.3 is 5.97 Å². The summed E-state index contributed by atoms with van der Waals surface area (Å²) in [6.07, 6.45) is 0. The third-order valence-corrected chi connectivity index (χ3v) is 2.68. The van der Waals surface area contributed by atoms with Gasteiger partial charge in [0, 0.05) is 0 Å². The van der Waals surface area contributed by atoms with E-state index in [4.69, 9.17) is 10.2 Å². The van der Waals surface area contributed by atoms with Crippen molar-refractivity contribution in [1.82, 2.24) is 0 Å². The second-order valence-corrected chi connectivity index (χ2v) is 8.86. The highest BCUT2D eigenvalue weighted by Crippen LogP contribution is 2.29. The molecule has 0 spiro atoms. The highest BCUT2D eigenvalue weighted by molar-refractivity contribution is 6.70.